The minimum Gasteiger partial charge on any atom is -0.493 e. The fourth-order valence-electron chi connectivity index (χ4n) is 3.02. The maximum Gasteiger partial charge on any atom is 0.277 e. The Balaban J connectivity index is 1.35. The molecule has 0 radical (unpaired) electrons. The zero-order chi connectivity index (χ0) is 22.5. The predicted molar refractivity (Wildman–Crippen MR) is 115 cm³/mol. The van der Waals surface area contributed by atoms with Crippen molar-refractivity contribution in [3.63, 3.8) is 0 Å². The van der Waals surface area contributed by atoms with E-state index in [1.165, 1.54) is 21.3 Å². The van der Waals surface area contributed by atoms with E-state index in [4.69, 9.17) is 28.1 Å². The molecule has 0 aliphatic carbocycles. The molecule has 0 spiro atoms. The van der Waals surface area contributed by atoms with Gasteiger partial charge in [-0.3, -0.25) is 4.79 Å². The molecule has 4 rings (SSSR count). The smallest absolute Gasteiger partial charge is 0.277 e. The number of fused-ring (bicyclic) bond motifs is 1. The number of methoxy groups -OCH3 is 3. The van der Waals surface area contributed by atoms with Gasteiger partial charge in [0.15, 0.2) is 23.0 Å². The highest BCUT2D eigenvalue weighted by atomic mass is 32.2. The number of carbonyl (C=O) groups is 1. The number of thioether (sulfide) groups is 1. The third-order valence-corrected chi connectivity index (χ3v) is 5.39. The van der Waals surface area contributed by atoms with Crippen LogP contribution in [-0.2, 0) is 11.3 Å². The van der Waals surface area contributed by atoms with Crippen LogP contribution in [0.4, 0.5) is 0 Å². The third-order valence-electron chi connectivity index (χ3n) is 4.57. The Hall–Kier alpha value is -3.60. The molecule has 0 saturated carbocycles. The highest BCUT2D eigenvalue weighted by Gasteiger charge is 2.18. The lowest BCUT2D eigenvalue weighted by molar-refractivity contribution is -0.118. The van der Waals surface area contributed by atoms with E-state index in [0.717, 1.165) is 17.3 Å². The summed E-state index contributed by atoms with van der Waals surface area (Å²) in [6.07, 6.45) is 0. The molecule has 10 nitrogen and oxygen atoms in total. The summed E-state index contributed by atoms with van der Waals surface area (Å²) in [5.74, 6) is 3.02. The molecule has 0 fully saturated rings. The van der Waals surface area contributed by atoms with Crippen molar-refractivity contribution in [3.05, 3.63) is 35.9 Å². The first-order valence-electron chi connectivity index (χ1n) is 9.53. The molecule has 1 aromatic heterocycles. The lowest BCUT2D eigenvalue weighted by atomic mass is 10.2. The van der Waals surface area contributed by atoms with Gasteiger partial charge in [-0.15, -0.1) is 10.2 Å². The van der Waals surface area contributed by atoms with Crippen LogP contribution < -0.4 is 29.0 Å². The highest BCUT2D eigenvalue weighted by molar-refractivity contribution is 7.99. The van der Waals surface area contributed by atoms with Gasteiger partial charge in [0.25, 0.3) is 5.22 Å². The van der Waals surface area contributed by atoms with Gasteiger partial charge in [-0.1, -0.05) is 17.8 Å². The quantitative estimate of drug-likeness (QED) is 0.479. The summed E-state index contributed by atoms with van der Waals surface area (Å²) in [5.41, 5.74) is 1.51. The molecule has 2 aromatic carbocycles. The van der Waals surface area contributed by atoms with E-state index in [2.05, 4.69) is 15.5 Å². The first kappa shape index (κ1) is 21.6. The number of hydrogen-bond donors (Lipinski definition) is 1. The number of nitrogens with one attached hydrogen (secondary N) is 1. The van der Waals surface area contributed by atoms with Crippen LogP contribution in [0.3, 0.4) is 0 Å². The average Bonchev–Trinajstić information content (AvgIpc) is 3.49. The number of ether oxygens (including phenoxy) is 5. The van der Waals surface area contributed by atoms with Crippen LogP contribution in [0, 0.1) is 0 Å². The summed E-state index contributed by atoms with van der Waals surface area (Å²) in [6.45, 7) is 0.584. The Bertz CT molecular complexity index is 1090. The maximum absolute atomic E-state index is 12.2. The largest absolute Gasteiger partial charge is 0.493 e. The van der Waals surface area contributed by atoms with Gasteiger partial charge in [0, 0.05) is 12.1 Å². The standard InChI is InChI=1S/C21H21N3O7S/c1-26-16-7-13(8-17(27-2)19(16)28-3)20-23-24-21(31-20)32-10-18(25)22-9-12-4-5-14-15(6-12)30-11-29-14/h4-8H,9-11H2,1-3H3,(H,22,25). The first-order chi connectivity index (χ1) is 15.6. The van der Waals surface area contributed by atoms with E-state index in [1.54, 1.807) is 12.1 Å². The molecule has 2 heterocycles. The molecule has 0 unspecified atom stereocenters. The van der Waals surface area contributed by atoms with E-state index in [1.807, 2.05) is 18.2 Å². The average molecular weight is 459 g/mol. The lowest BCUT2D eigenvalue weighted by Gasteiger charge is -2.12. The van der Waals surface area contributed by atoms with Crippen molar-refractivity contribution < 1.29 is 32.9 Å². The van der Waals surface area contributed by atoms with Crippen molar-refractivity contribution in [2.24, 2.45) is 0 Å². The van der Waals surface area contributed by atoms with Gasteiger partial charge in [-0.2, -0.15) is 0 Å². The minimum atomic E-state index is -0.166. The van der Waals surface area contributed by atoms with E-state index in [9.17, 15) is 4.79 Å². The van der Waals surface area contributed by atoms with Crippen molar-refractivity contribution >= 4 is 17.7 Å². The van der Waals surface area contributed by atoms with Crippen LogP contribution in [-0.4, -0.2) is 50.0 Å². The zero-order valence-electron chi connectivity index (χ0n) is 17.7. The number of benzene rings is 2. The SMILES string of the molecule is COc1cc(-c2nnc(SCC(=O)NCc3ccc4c(c3)OCO4)o2)cc(OC)c1OC. The molecule has 1 aliphatic rings. The summed E-state index contributed by atoms with van der Waals surface area (Å²) >= 11 is 1.14. The monoisotopic (exact) mass is 459 g/mol. The molecule has 168 valence electrons. The van der Waals surface area contributed by atoms with Crippen molar-refractivity contribution in [2.45, 2.75) is 11.8 Å². The fraction of sp³-hybridized carbons (Fsp3) is 0.286. The van der Waals surface area contributed by atoms with Gasteiger partial charge >= 0.3 is 0 Å². The van der Waals surface area contributed by atoms with E-state index >= 15 is 0 Å². The minimum absolute atomic E-state index is 0.126. The Labute approximate surface area is 188 Å². The van der Waals surface area contributed by atoms with Crippen molar-refractivity contribution in [3.8, 4) is 40.2 Å². The van der Waals surface area contributed by atoms with Crippen LogP contribution in [0.15, 0.2) is 40.0 Å². The first-order valence-corrected chi connectivity index (χ1v) is 10.5. The number of nitrogens with zero attached hydrogens (tertiary/aromatic N) is 2. The van der Waals surface area contributed by atoms with Gasteiger partial charge in [0.1, 0.15) is 0 Å². The Morgan fingerprint density at radius 3 is 2.50 bits per heavy atom. The van der Waals surface area contributed by atoms with Crippen molar-refractivity contribution in [1.82, 2.24) is 15.5 Å². The second-order valence-corrected chi connectivity index (χ2v) is 7.47. The molecule has 11 heteroatoms. The summed E-state index contributed by atoms with van der Waals surface area (Å²) in [5, 5.41) is 11.2. The van der Waals surface area contributed by atoms with Crippen LogP contribution in [0.25, 0.3) is 11.5 Å². The fourth-order valence-corrected chi connectivity index (χ4v) is 3.61. The summed E-state index contributed by atoms with van der Waals surface area (Å²) in [4.78, 5) is 12.2. The number of carbonyl (C=O) groups excluding carboxylic acids is 1. The van der Waals surface area contributed by atoms with Gasteiger partial charge in [-0.25, -0.2) is 0 Å². The van der Waals surface area contributed by atoms with Crippen LogP contribution in [0.5, 0.6) is 28.7 Å². The Morgan fingerprint density at radius 1 is 1.03 bits per heavy atom. The Kier molecular flexibility index (Phi) is 6.55. The lowest BCUT2D eigenvalue weighted by Crippen LogP contribution is -2.24. The molecule has 32 heavy (non-hydrogen) atoms. The van der Waals surface area contributed by atoms with Crippen LogP contribution in [0.2, 0.25) is 0 Å². The van der Waals surface area contributed by atoms with Gasteiger partial charge in [0.05, 0.1) is 27.1 Å². The van der Waals surface area contributed by atoms with Crippen LogP contribution in [0.1, 0.15) is 5.56 Å². The third kappa shape index (κ3) is 4.67. The molecule has 1 N–H and O–H groups in total. The molecule has 3 aromatic rings. The number of amides is 1. The van der Waals surface area contributed by atoms with Gasteiger partial charge in [0.2, 0.25) is 24.3 Å². The van der Waals surface area contributed by atoms with Crippen molar-refractivity contribution in [2.75, 3.05) is 33.9 Å². The van der Waals surface area contributed by atoms with Crippen molar-refractivity contribution in [1.29, 1.82) is 0 Å². The molecule has 1 aliphatic heterocycles. The highest BCUT2D eigenvalue weighted by Crippen LogP contribution is 2.41. The van der Waals surface area contributed by atoms with Gasteiger partial charge < -0.3 is 33.4 Å². The molecule has 1 amide bonds. The summed E-state index contributed by atoms with van der Waals surface area (Å²) < 4.78 is 32.3. The topological polar surface area (TPSA) is 114 Å². The zero-order valence-corrected chi connectivity index (χ0v) is 18.5. The molecule has 0 bridgehead atoms. The molecule has 0 atom stereocenters. The molecule has 0 saturated heterocycles. The second-order valence-electron chi connectivity index (χ2n) is 6.54. The predicted octanol–water partition coefficient (Wildman–Crippen LogP) is 2.90. The maximum atomic E-state index is 12.2. The second kappa shape index (κ2) is 9.69. The molecular formula is C21H21N3O7S. The molecular weight excluding hydrogens is 438 g/mol. The number of rotatable bonds is 9. The summed E-state index contributed by atoms with van der Waals surface area (Å²) in [6, 6.07) is 8.96. The Morgan fingerprint density at radius 2 is 1.78 bits per heavy atom. The van der Waals surface area contributed by atoms with Crippen LogP contribution >= 0.6 is 11.8 Å². The van der Waals surface area contributed by atoms with E-state index in [-0.39, 0.29) is 29.6 Å². The number of hydrogen-bond acceptors (Lipinski definition) is 10. The van der Waals surface area contributed by atoms with Gasteiger partial charge in [-0.05, 0) is 29.8 Å². The summed E-state index contributed by atoms with van der Waals surface area (Å²) in [7, 11) is 4.58. The normalized spacial score (nSPS) is 11.8. The van der Waals surface area contributed by atoms with E-state index < -0.39 is 0 Å². The van der Waals surface area contributed by atoms with E-state index in [0.29, 0.717) is 40.9 Å². The number of aromatic nitrogens is 2.